The lowest BCUT2D eigenvalue weighted by atomic mass is 10.2. The van der Waals surface area contributed by atoms with Gasteiger partial charge in [-0.2, -0.15) is 0 Å². The second-order valence-corrected chi connectivity index (χ2v) is 5.09. The van der Waals surface area contributed by atoms with Crippen LogP contribution in [-0.4, -0.2) is 16.1 Å². The number of halogens is 2. The van der Waals surface area contributed by atoms with Crippen molar-refractivity contribution in [2.45, 2.75) is 9.92 Å². The van der Waals surface area contributed by atoms with Crippen LogP contribution in [0.25, 0.3) is 0 Å². The average molecular weight is 299 g/mol. The molecule has 3 N–H and O–H groups in total. The Kier molecular flexibility index (Phi) is 3.92. The molecule has 0 aliphatic carbocycles. The summed E-state index contributed by atoms with van der Waals surface area (Å²) in [6.07, 6.45) is 1.43. The van der Waals surface area contributed by atoms with Crippen LogP contribution in [0, 0.1) is 5.82 Å². The van der Waals surface area contributed by atoms with Crippen LogP contribution in [0.3, 0.4) is 0 Å². The maximum Gasteiger partial charge on any atom is 0.337 e. The summed E-state index contributed by atoms with van der Waals surface area (Å²) in [6, 6.07) is 5.41. The number of benzene rings is 1. The van der Waals surface area contributed by atoms with Crippen molar-refractivity contribution < 1.29 is 14.3 Å². The number of rotatable bonds is 3. The van der Waals surface area contributed by atoms with Gasteiger partial charge in [-0.3, -0.25) is 0 Å². The number of pyridine rings is 1. The van der Waals surface area contributed by atoms with E-state index in [1.165, 1.54) is 12.3 Å². The van der Waals surface area contributed by atoms with Crippen LogP contribution in [0.4, 0.5) is 10.1 Å². The van der Waals surface area contributed by atoms with E-state index in [-0.39, 0.29) is 16.1 Å². The van der Waals surface area contributed by atoms with Gasteiger partial charge in [-0.25, -0.2) is 14.2 Å². The average Bonchev–Trinajstić information content (AvgIpc) is 2.34. The van der Waals surface area contributed by atoms with Gasteiger partial charge in [0.15, 0.2) is 0 Å². The standard InChI is InChI=1S/C12H8ClFN2O2S/c13-6-1-2-11(16-5-6)19-10-3-7(12(17)18)9(15)4-8(10)14/h1-5H,15H2,(H,17,18). The van der Waals surface area contributed by atoms with Crippen molar-refractivity contribution in [1.82, 2.24) is 4.98 Å². The molecule has 1 aromatic heterocycles. The van der Waals surface area contributed by atoms with Crippen molar-refractivity contribution in [2.75, 3.05) is 5.73 Å². The number of nitrogen functional groups attached to an aromatic ring is 1. The molecule has 1 aromatic carbocycles. The van der Waals surface area contributed by atoms with Gasteiger partial charge in [0.1, 0.15) is 10.8 Å². The van der Waals surface area contributed by atoms with E-state index in [0.29, 0.717) is 10.0 Å². The molecule has 0 aliphatic rings. The van der Waals surface area contributed by atoms with Crippen LogP contribution in [0.1, 0.15) is 10.4 Å². The normalized spacial score (nSPS) is 10.4. The van der Waals surface area contributed by atoms with Crippen LogP contribution >= 0.6 is 23.4 Å². The molecule has 0 fully saturated rings. The van der Waals surface area contributed by atoms with E-state index in [1.54, 1.807) is 12.1 Å². The number of nitrogens with two attached hydrogens (primary N) is 1. The van der Waals surface area contributed by atoms with E-state index < -0.39 is 11.8 Å². The van der Waals surface area contributed by atoms with Gasteiger partial charge in [0.2, 0.25) is 0 Å². The zero-order valence-electron chi connectivity index (χ0n) is 9.43. The number of aromatic carboxylic acids is 1. The number of hydrogen-bond donors (Lipinski definition) is 2. The lowest BCUT2D eigenvalue weighted by molar-refractivity contribution is 0.0697. The monoisotopic (exact) mass is 298 g/mol. The number of carboxylic acids is 1. The Hall–Kier alpha value is -1.79. The van der Waals surface area contributed by atoms with Crippen LogP contribution in [0.15, 0.2) is 40.4 Å². The minimum atomic E-state index is -1.21. The van der Waals surface area contributed by atoms with E-state index in [4.69, 9.17) is 22.4 Å². The smallest absolute Gasteiger partial charge is 0.337 e. The summed E-state index contributed by atoms with van der Waals surface area (Å²) < 4.78 is 13.7. The first-order chi connectivity index (χ1) is 8.97. The summed E-state index contributed by atoms with van der Waals surface area (Å²) in [5.74, 6) is -1.80. The topological polar surface area (TPSA) is 76.2 Å². The molecule has 2 rings (SSSR count). The van der Waals surface area contributed by atoms with Crippen molar-refractivity contribution in [1.29, 1.82) is 0 Å². The predicted octanol–water partition coefficient (Wildman–Crippen LogP) is 3.31. The first kappa shape index (κ1) is 13.6. The second kappa shape index (κ2) is 5.46. The van der Waals surface area contributed by atoms with Crippen molar-refractivity contribution in [3.05, 3.63) is 46.9 Å². The van der Waals surface area contributed by atoms with Crippen molar-refractivity contribution in [3.63, 3.8) is 0 Å². The Morgan fingerprint density at radius 1 is 1.42 bits per heavy atom. The number of anilines is 1. The summed E-state index contributed by atoms with van der Waals surface area (Å²) in [4.78, 5) is 15.1. The largest absolute Gasteiger partial charge is 0.478 e. The SMILES string of the molecule is Nc1cc(F)c(Sc2ccc(Cl)cn2)cc1C(=O)O. The molecule has 4 nitrogen and oxygen atoms in total. The summed E-state index contributed by atoms with van der Waals surface area (Å²) in [7, 11) is 0. The van der Waals surface area contributed by atoms with E-state index in [0.717, 1.165) is 17.8 Å². The van der Waals surface area contributed by atoms with E-state index in [9.17, 15) is 9.18 Å². The van der Waals surface area contributed by atoms with Gasteiger partial charge in [0.25, 0.3) is 0 Å². The van der Waals surface area contributed by atoms with Gasteiger partial charge in [0, 0.05) is 11.9 Å². The van der Waals surface area contributed by atoms with Gasteiger partial charge in [-0.05, 0) is 24.3 Å². The van der Waals surface area contributed by atoms with Crippen LogP contribution in [0.2, 0.25) is 5.02 Å². The summed E-state index contributed by atoms with van der Waals surface area (Å²) in [5.41, 5.74) is 5.19. The molecule has 0 radical (unpaired) electrons. The Labute approximate surface area is 117 Å². The van der Waals surface area contributed by atoms with E-state index >= 15 is 0 Å². The molecule has 0 saturated heterocycles. The highest BCUT2D eigenvalue weighted by molar-refractivity contribution is 7.99. The molecule has 0 unspecified atom stereocenters. The van der Waals surface area contributed by atoms with Crippen LogP contribution < -0.4 is 5.73 Å². The number of nitrogens with zero attached hydrogens (tertiary/aromatic N) is 1. The minimum Gasteiger partial charge on any atom is -0.478 e. The molecule has 2 aromatic rings. The molecule has 0 spiro atoms. The molecule has 19 heavy (non-hydrogen) atoms. The third-order valence-electron chi connectivity index (χ3n) is 2.25. The van der Waals surface area contributed by atoms with Gasteiger partial charge >= 0.3 is 5.97 Å². The Bertz CT molecular complexity index is 634. The highest BCUT2D eigenvalue weighted by atomic mass is 35.5. The van der Waals surface area contributed by atoms with Gasteiger partial charge in [-0.1, -0.05) is 23.4 Å². The molecule has 0 aliphatic heterocycles. The molecular weight excluding hydrogens is 291 g/mol. The summed E-state index contributed by atoms with van der Waals surface area (Å²) in [6.45, 7) is 0. The molecule has 1 heterocycles. The fourth-order valence-corrected chi connectivity index (χ4v) is 2.28. The van der Waals surface area contributed by atoms with Crippen molar-refractivity contribution in [2.24, 2.45) is 0 Å². The molecule has 0 atom stereocenters. The third kappa shape index (κ3) is 3.15. The highest BCUT2D eigenvalue weighted by Crippen LogP contribution is 2.31. The molecule has 0 bridgehead atoms. The van der Waals surface area contributed by atoms with Gasteiger partial charge in [-0.15, -0.1) is 0 Å². The third-order valence-corrected chi connectivity index (χ3v) is 3.46. The number of carbonyl (C=O) groups is 1. The van der Waals surface area contributed by atoms with Crippen molar-refractivity contribution >= 4 is 35.0 Å². The molecule has 7 heteroatoms. The first-order valence-corrected chi connectivity index (χ1v) is 6.28. The first-order valence-electron chi connectivity index (χ1n) is 5.09. The second-order valence-electron chi connectivity index (χ2n) is 3.59. The fourth-order valence-electron chi connectivity index (χ4n) is 1.37. The van der Waals surface area contributed by atoms with Gasteiger partial charge < -0.3 is 10.8 Å². The number of carboxylic acid groups (broad SMARTS) is 1. The number of hydrogen-bond acceptors (Lipinski definition) is 4. The maximum absolute atomic E-state index is 13.7. The Balaban J connectivity index is 2.37. The highest BCUT2D eigenvalue weighted by Gasteiger charge is 2.14. The Morgan fingerprint density at radius 3 is 2.74 bits per heavy atom. The zero-order valence-corrected chi connectivity index (χ0v) is 11.0. The van der Waals surface area contributed by atoms with Gasteiger partial charge in [0.05, 0.1) is 15.5 Å². The molecule has 98 valence electrons. The molecule has 0 amide bonds. The summed E-state index contributed by atoms with van der Waals surface area (Å²) in [5, 5.41) is 9.91. The Morgan fingerprint density at radius 2 is 2.16 bits per heavy atom. The maximum atomic E-state index is 13.7. The van der Waals surface area contributed by atoms with Crippen LogP contribution in [-0.2, 0) is 0 Å². The molecular formula is C12H8ClFN2O2S. The summed E-state index contributed by atoms with van der Waals surface area (Å²) >= 11 is 6.69. The van der Waals surface area contributed by atoms with Crippen molar-refractivity contribution in [3.8, 4) is 0 Å². The van der Waals surface area contributed by atoms with E-state index in [1.807, 2.05) is 0 Å². The lowest BCUT2D eigenvalue weighted by Gasteiger charge is -2.06. The van der Waals surface area contributed by atoms with Crippen LogP contribution in [0.5, 0.6) is 0 Å². The van der Waals surface area contributed by atoms with E-state index in [2.05, 4.69) is 4.98 Å². The zero-order chi connectivity index (χ0) is 14.0. The fraction of sp³-hybridized carbons (Fsp3) is 0. The molecule has 0 saturated carbocycles. The lowest BCUT2D eigenvalue weighted by Crippen LogP contribution is -2.03. The minimum absolute atomic E-state index is 0.113. The number of aromatic nitrogens is 1. The predicted molar refractivity (Wildman–Crippen MR) is 71.1 cm³/mol. The quantitative estimate of drug-likeness (QED) is 0.850.